The molecule has 0 spiro atoms. The van der Waals surface area contributed by atoms with Crippen molar-refractivity contribution >= 4 is 11.6 Å². The van der Waals surface area contributed by atoms with Gasteiger partial charge >= 0.3 is 0 Å². The standard InChI is InChI=1S/C17H19FN2O2/c1-20(2)15-7-3-13(4-8-15)11-19-17(21)12-22-16-9-5-14(18)6-10-16/h3-10H,11-12H2,1-2H3,(H,19,21). The zero-order valence-electron chi connectivity index (χ0n) is 12.7. The molecule has 22 heavy (non-hydrogen) atoms. The summed E-state index contributed by atoms with van der Waals surface area (Å²) in [5.74, 6) is -0.0918. The molecular weight excluding hydrogens is 283 g/mol. The first-order valence-electron chi connectivity index (χ1n) is 6.96. The molecule has 0 radical (unpaired) electrons. The van der Waals surface area contributed by atoms with E-state index in [0.29, 0.717) is 12.3 Å². The van der Waals surface area contributed by atoms with Gasteiger partial charge in [-0.1, -0.05) is 12.1 Å². The Morgan fingerprint density at radius 2 is 1.73 bits per heavy atom. The number of carbonyl (C=O) groups excluding carboxylic acids is 1. The number of rotatable bonds is 6. The van der Waals surface area contributed by atoms with Gasteiger partial charge in [-0.2, -0.15) is 0 Å². The highest BCUT2D eigenvalue weighted by atomic mass is 19.1. The van der Waals surface area contributed by atoms with Crippen molar-refractivity contribution in [3.63, 3.8) is 0 Å². The third kappa shape index (κ3) is 4.77. The summed E-state index contributed by atoms with van der Waals surface area (Å²) in [4.78, 5) is 13.7. The van der Waals surface area contributed by atoms with E-state index in [4.69, 9.17) is 4.74 Å². The maximum Gasteiger partial charge on any atom is 0.258 e. The van der Waals surface area contributed by atoms with Gasteiger partial charge in [-0.15, -0.1) is 0 Å². The molecule has 2 aromatic rings. The largest absolute Gasteiger partial charge is 0.484 e. The lowest BCUT2D eigenvalue weighted by atomic mass is 10.2. The summed E-state index contributed by atoms with van der Waals surface area (Å²) in [7, 11) is 3.95. The molecule has 4 nitrogen and oxygen atoms in total. The van der Waals surface area contributed by atoms with Gasteiger partial charge in [0.1, 0.15) is 11.6 Å². The topological polar surface area (TPSA) is 41.6 Å². The summed E-state index contributed by atoms with van der Waals surface area (Å²) in [6.07, 6.45) is 0. The minimum atomic E-state index is -0.335. The molecule has 2 aromatic carbocycles. The van der Waals surface area contributed by atoms with Gasteiger partial charge in [0.15, 0.2) is 6.61 Å². The van der Waals surface area contributed by atoms with Gasteiger partial charge < -0.3 is 15.0 Å². The highest BCUT2D eigenvalue weighted by molar-refractivity contribution is 5.77. The Bertz CT molecular complexity index is 610. The van der Waals surface area contributed by atoms with Crippen LogP contribution in [0.1, 0.15) is 5.56 Å². The molecule has 0 atom stereocenters. The van der Waals surface area contributed by atoms with E-state index in [1.165, 1.54) is 24.3 Å². The van der Waals surface area contributed by atoms with E-state index in [9.17, 15) is 9.18 Å². The molecule has 0 aliphatic heterocycles. The number of amides is 1. The van der Waals surface area contributed by atoms with E-state index >= 15 is 0 Å². The number of benzene rings is 2. The molecule has 0 unspecified atom stereocenters. The maximum atomic E-state index is 12.7. The molecule has 5 heteroatoms. The lowest BCUT2D eigenvalue weighted by molar-refractivity contribution is -0.123. The van der Waals surface area contributed by atoms with Crippen LogP contribution in [0.5, 0.6) is 5.75 Å². The third-order valence-corrected chi connectivity index (χ3v) is 3.13. The average Bonchev–Trinajstić information content (AvgIpc) is 2.52. The highest BCUT2D eigenvalue weighted by Crippen LogP contribution is 2.12. The Labute approximate surface area is 129 Å². The second-order valence-corrected chi connectivity index (χ2v) is 5.08. The fraction of sp³-hybridized carbons (Fsp3) is 0.235. The Kier molecular flexibility index (Phi) is 5.36. The molecular formula is C17H19FN2O2. The summed E-state index contributed by atoms with van der Waals surface area (Å²) in [6.45, 7) is 0.348. The Morgan fingerprint density at radius 1 is 1.09 bits per heavy atom. The first-order chi connectivity index (χ1) is 10.5. The summed E-state index contributed by atoms with van der Waals surface area (Å²) in [6, 6.07) is 13.5. The first kappa shape index (κ1) is 15.8. The minimum absolute atomic E-state index is 0.0958. The molecule has 0 fully saturated rings. The maximum absolute atomic E-state index is 12.7. The second kappa shape index (κ2) is 7.45. The van der Waals surface area contributed by atoms with Gasteiger partial charge in [-0.3, -0.25) is 4.79 Å². The highest BCUT2D eigenvalue weighted by Gasteiger charge is 2.03. The van der Waals surface area contributed by atoms with Crippen molar-refractivity contribution in [2.45, 2.75) is 6.54 Å². The van der Waals surface area contributed by atoms with E-state index in [-0.39, 0.29) is 18.3 Å². The number of hydrogen-bond donors (Lipinski definition) is 1. The number of hydrogen-bond acceptors (Lipinski definition) is 3. The molecule has 2 rings (SSSR count). The quantitative estimate of drug-likeness (QED) is 0.892. The van der Waals surface area contributed by atoms with E-state index < -0.39 is 0 Å². The zero-order valence-corrected chi connectivity index (χ0v) is 12.7. The first-order valence-corrected chi connectivity index (χ1v) is 6.96. The van der Waals surface area contributed by atoms with Crippen LogP contribution in [0.15, 0.2) is 48.5 Å². The van der Waals surface area contributed by atoms with Crippen LogP contribution in [0.25, 0.3) is 0 Å². The van der Waals surface area contributed by atoms with Crippen LogP contribution in [0.2, 0.25) is 0 Å². The molecule has 0 bridgehead atoms. The van der Waals surface area contributed by atoms with Crippen LogP contribution < -0.4 is 15.0 Å². The van der Waals surface area contributed by atoms with Crippen molar-refractivity contribution < 1.29 is 13.9 Å². The Hall–Kier alpha value is -2.56. The van der Waals surface area contributed by atoms with E-state index in [2.05, 4.69) is 5.32 Å². The average molecular weight is 302 g/mol. The monoisotopic (exact) mass is 302 g/mol. The molecule has 1 N–H and O–H groups in total. The fourth-order valence-corrected chi connectivity index (χ4v) is 1.84. The number of nitrogens with one attached hydrogen (secondary N) is 1. The predicted molar refractivity (Wildman–Crippen MR) is 84.5 cm³/mol. The van der Waals surface area contributed by atoms with Crippen molar-refractivity contribution in [1.82, 2.24) is 5.32 Å². The molecule has 0 saturated carbocycles. The smallest absolute Gasteiger partial charge is 0.258 e. The molecule has 0 aromatic heterocycles. The van der Waals surface area contributed by atoms with Gasteiger partial charge in [0, 0.05) is 26.3 Å². The lowest BCUT2D eigenvalue weighted by Gasteiger charge is -2.13. The van der Waals surface area contributed by atoms with Crippen LogP contribution in [-0.2, 0) is 11.3 Å². The molecule has 0 aliphatic carbocycles. The number of halogens is 1. The number of nitrogens with zero attached hydrogens (tertiary/aromatic N) is 1. The SMILES string of the molecule is CN(C)c1ccc(CNC(=O)COc2ccc(F)cc2)cc1. The van der Waals surface area contributed by atoms with Crippen LogP contribution in [0.4, 0.5) is 10.1 Å². The lowest BCUT2D eigenvalue weighted by Crippen LogP contribution is -2.28. The van der Waals surface area contributed by atoms with Gasteiger partial charge in [0.2, 0.25) is 0 Å². The molecule has 116 valence electrons. The Balaban J connectivity index is 1.76. The number of ether oxygens (including phenoxy) is 1. The van der Waals surface area contributed by atoms with Gasteiger partial charge in [-0.05, 0) is 42.0 Å². The van der Waals surface area contributed by atoms with Crippen molar-refractivity contribution in [3.8, 4) is 5.75 Å². The van der Waals surface area contributed by atoms with Gasteiger partial charge in [-0.25, -0.2) is 4.39 Å². The molecule has 0 saturated heterocycles. The van der Waals surface area contributed by atoms with Crippen LogP contribution in [0.3, 0.4) is 0 Å². The summed E-state index contributed by atoms with van der Waals surface area (Å²) >= 11 is 0. The van der Waals surface area contributed by atoms with Crippen LogP contribution >= 0.6 is 0 Å². The van der Waals surface area contributed by atoms with Crippen LogP contribution in [0, 0.1) is 5.82 Å². The van der Waals surface area contributed by atoms with Crippen molar-refractivity contribution in [2.75, 3.05) is 25.6 Å². The summed E-state index contributed by atoms with van der Waals surface area (Å²) in [5, 5.41) is 2.78. The van der Waals surface area contributed by atoms with Crippen molar-refractivity contribution in [2.24, 2.45) is 0 Å². The number of anilines is 1. The minimum Gasteiger partial charge on any atom is -0.484 e. The molecule has 0 heterocycles. The van der Waals surface area contributed by atoms with E-state index in [1.54, 1.807) is 0 Å². The van der Waals surface area contributed by atoms with Gasteiger partial charge in [0.25, 0.3) is 5.91 Å². The van der Waals surface area contributed by atoms with E-state index in [0.717, 1.165) is 11.3 Å². The predicted octanol–water partition coefficient (Wildman–Crippen LogP) is 2.59. The molecule has 0 aliphatic rings. The Morgan fingerprint density at radius 3 is 2.32 bits per heavy atom. The van der Waals surface area contributed by atoms with Crippen molar-refractivity contribution in [3.05, 3.63) is 59.9 Å². The van der Waals surface area contributed by atoms with Crippen molar-refractivity contribution in [1.29, 1.82) is 0 Å². The number of carbonyl (C=O) groups is 1. The second-order valence-electron chi connectivity index (χ2n) is 5.08. The molecule has 1 amide bonds. The normalized spacial score (nSPS) is 10.1. The van der Waals surface area contributed by atoms with E-state index in [1.807, 2.05) is 43.3 Å². The third-order valence-electron chi connectivity index (χ3n) is 3.13. The zero-order chi connectivity index (χ0) is 15.9. The van der Waals surface area contributed by atoms with Crippen LogP contribution in [-0.4, -0.2) is 26.6 Å². The fourth-order valence-electron chi connectivity index (χ4n) is 1.84. The van der Waals surface area contributed by atoms with Gasteiger partial charge in [0.05, 0.1) is 0 Å². The summed E-state index contributed by atoms with van der Waals surface area (Å²) < 4.78 is 18.0. The summed E-state index contributed by atoms with van der Waals surface area (Å²) in [5.41, 5.74) is 2.12.